The van der Waals surface area contributed by atoms with Gasteiger partial charge >= 0.3 is 5.97 Å². The number of rotatable bonds is 4. The van der Waals surface area contributed by atoms with E-state index in [2.05, 4.69) is 11.6 Å². The molecule has 6 heteroatoms. The molecule has 1 aromatic heterocycles. The number of carbonyl (C=O) groups excluding carboxylic acids is 1. The Bertz CT molecular complexity index is 481. The van der Waals surface area contributed by atoms with Gasteiger partial charge in [-0.3, -0.25) is 0 Å². The first-order valence-electron chi connectivity index (χ1n) is 6.00. The summed E-state index contributed by atoms with van der Waals surface area (Å²) >= 11 is 0. The molecule has 3 N–H and O–H groups in total. The van der Waals surface area contributed by atoms with E-state index in [9.17, 15) is 15.0 Å². The average molecular weight is 267 g/mol. The SMILES string of the molecule is C=CCOC(=O)c1cc([C@@H]2OC[C@@H](O)[C@H]2O)[nH]c1C. The van der Waals surface area contributed by atoms with Crippen LogP contribution in [0.5, 0.6) is 0 Å². The van der Waals surface area contributed by atoms with Crippen molar-refractivity contribution >= 4 is 5.97 Å². The van der Waals surface area contributed by atoms with Crippen LogP contribution in [0.1, 0.15) is 27.8 Å². The number of H-pyrrole nitrogens is 1. The maximum atomic E-state index is 11.8. The number of esters is 1. The van der Waals surface area contributed by atoms with Gasteiger partial charge in [0.15, 0.2) is 0 Å². The first-order chi connectivity index (χ1) is 9.04. The fraction of sp³-hybridized carbons (Fsp3) is 0.462. The van der Waals surface area contributed by atoms with Crippen LogP contribution in [-0.2, 0) is 9.47 Å². The zero-order valence-corrected chi connectivity index (χ0v) is 10.6. The predicted octanol–water partition coefficient (Wildman–Crippen LogP) is 0.459. The Morgan fingerprint density at radius 1 is 1.68 bits per heavy atom. The van der Waals surface area contributed by atoms with E-state index in [1.54, 1.807) is 13.0 Å². The third kappa shape index (κ3) is 2.70. The molecule has 6 nitrogen and oxygen atoms in total. The smallest absolute Gasteiger partial charge is 0.340 e. The Kier molecular flexibility index (Phi) is 4.04. The lowest BCUT2D eigenvalue weighted by Crippen LogP contribution is -2.25. The molecule has 1 aliphatic rings. The van der Waals surface area contributed by atoms with E-state index < -0.39 is 24.3 Å². The van der Waals surface area contributed by atoms with Crippen molar-refractivity contribution in [1.82, 2.24) is 4.98 Å². The van der Waals surface area contributed by atoms with E-state index in [-0.39, 0.29) is 13.2 Å². The molecule has 0 aliphatic carbocycles. The molecule has 0 saturated carbocycles. The van der Waals surface area contributed by atoms with Gasteiger partial charge in [0.1, 0.15) is 24.9 Å². The van der Waals surface area contributed by atoms with Crippen LogP contribution < -0.4 is 0 Å². The maximum absolute atomic E-state index is 11.8. The minimum Gasteiger partial charge on any atom is -0.458 e. The first kappa shape index (κ1) is 13.8. The predicted molar refractivity (Wildman–Crippen MR) is 66.7 cm³/mol. The molecule has 2 rings (SSSR count). The molecule has 104 valence electrons. The summed E-state index contributed by atoms with van der Waals surface area (Å²) < 4.78 is 10.2. The van der Waals surface area contributed by atoms with Gasteiger partial charge in [-0.15, -0.1) is 0 Å². The van der Waals surface area contributed by atoms with Crippen molar-refractivity contribution < 1.29 is 24.5 Å². The number of aryl methyl sites for hydroxylation is 1. The highest BCUT2D eigenvalue weighted by atomic mass is 16.5. The van der Waals surface area contributed by atoms with Gasteiger partial charge in [-0.05, 0) is 13.0 Å². The molecular formula is C13H17NO5. The van der Waals surface area contributed by atoms with Gasteiger partial charge in [0.2, 0.25) is 0 Å². The number of aromatic amines is 1. The second kappa shape index (κ2) is 5.56. The highest BCUT2D eigenvalue weighted by Crippen LogP contribution is 2.30. The summed E-state index contributed by atoms with van der Waals surface area (Å²) in [7, 11) is 0. The number of aliphatic hydroxyl groups is 2. The molecular weight excluding hydrogens is 250 g/mol. The molecule has 1 aliphatic heterocycles. The monoisotopic (exact) mass is 267 g/mol. The molecule has 19 heavy (non-hydrogen) atoms. The standard InChI is InChI=1S/C13H17NO5/c1-3-4-18-13(17)8-5-9(14-7(8)2)12-11(16)10(15)6-19-12/h3,5,10-12,14-16H,1,4,6H2,2H3/t10-,11-,12+/m1/s1. The quantitative estimate of drug-likeness (QED) is 0.544. The lowest BCUT2D eigenvalue weighted by atomic mass is 10.1. The maximum Gasteiger partial charge on any atom is 0.340 e. The van der Waals surface area contributed by atoms with Crippen LogP contribution in [0.4, 0.5) is 0 Å². The van der Waals surface area contributed by atoms with E-state index in [0.29, 0.717) is 17.0 Å². The van der Waals surface area contributed by atoms with Gasteiger partial charge in [-0.2, -0.15) is 0 Å². The van der Waals surface area contributed by atoms with Gasteiger partial charge in [0.05, 0.1) is 12.2 Å². The normalized spacial score (nSPS) is 26.4. The summed E-state index contributed by atoms with van der Waals surface area (Å²) in [4.78, 5) is 14.7. The summed E-state index contributed by atoms with van der Waals surface area (Å²) in [5.41, 5.74) is 1.56. The number of ether oxygens (including phenoxy) is 2. The summed E-state index contributed by atoms with van der Waals surface area (Å²) in [6.45, 7) is 5.41. The van der Waals surface area contributed by atoms with Crippen LogP contribution in [0.3, 0.4) is 0 Å². The molecule has 0 aromatic carbocycles. The van der Waals surface area contributed by atoms with Crippen molar-refractivity contribution in [2.24, 2.45) is 0 Å². The van der Waals surface area contributed by atoms with Crippen LogP contribution in [-0.4, -0.2) is 46.6 Å². The molecule has 3 atom stereocenters. The number of aromatic nitrogens is 1. The summed E-state index contributed by atoms with van der Waals surface area (Å²) in [5, 5.41) is 19.2. The van der Waals surface area contributed by atoms with Crippen molar-refractivity contribution in [2.75, 3.05) is 13.2 Å². The summed E-state index contributed by atoms with van der Waals surface area (Å²) in [6, 6.07) is 1.58. The van der Waals surface area contributed by atoms with Gasteiger partial charge in [-0.1, -0.05) is 12.7 Å². The fourth-order valence-corrected chi connectivity index (χ4v) is 2.04. The zero-order chi connectivity index (χ0) is 14.0. The van der Waals surface area contributed by atoms with Gasteiger partial charge in [0.25, 0.3) is 0 Å². The van der Waals surface area contributed by atoms with Crippen molar-refractivity contribution in [3.8, 4) is 0 Å². The molecule has 0 spiro atoms. The van der Waals surface area contributed by atoms with E-state index in [0.717, 1.165) is 0 Å². The lowest BCUT2D eigenvalue weighted by Gasteiger charge is -2.12. The van der Waals surface area contributed by atoms with Crippen molar-refractivity contribution in [1.29, 1.82) is 0 Å². The summed E-state index contributed by atoms with van der Waals surface area (Å²) in [6.07, 6.45) is -1.09. The topological polar surface area (TPSA) is 91.8 Å². The van der Waals surface area contributed by atoms with Crippen molar-refractivity contribution in [2.45, 2.75) is 25.2 Å². The van der Waals surface area contributed by atoms with Gasteiger partial charge < -0.3 is 24.7 Å². The third-order valence-corrected chi connectivity index (χ3v) is 3.05. The first-order valence-corrected chi connectivity index (χ1v) is 6.00. The second-order valence-electron chi connectivity index (χ2n) is 4.46. The van der Waals surface area contributed by atoms with Crippen LogP contribution in [0.2, 0.25) is 0 Å². The minimum absolute atomic E-state index is 0.0696. The summed E-state index contributed by atoms with van der Waals surface area (Å²) in [5.74, 6) is -0.465. The number of carbonyl (C=O) groups is 1. The lowest BCUT2D eigenvalue weighted by molar-refractivity contribution is 0.0207. The number of nitrogens with one attached hydrogen (secondary N) is 1. The molecule has 1 aromatic rings. The average Bonchev–Trinajstić information content (AvgIpc) is 2.91. The number of hydrogen-bond acceptors (Lipinski definition) is 5. The minimum atomic E-state index is -1.00. The zero-order valence-electron chi connectivity index (χ0n) is 10.6. The van der Waals surface area contributed by atoms with E-state index in [4.69, 9.17) is 9.47 Å². The van der Waals surface area contributed by atoms with E-state index in [1.165, 1.54) is 6.08 Å². The van der Waals surface area contributed by atoms with Crippen LogP contribution in [0, 0.1) is 6.92 Å². The molecule has 1 saturated heterocycles. The van der Waals surface area contributed by atoms with Crippen LogP contribution in [0.25, 0.3) is 0 Å². The van der Waals surface area contributed by atoms with Gasteiger partial charge in [0, 0.05) is 11.4 Å². The van der Waals surface area contributed by atoms with Crippen molar-refractivity contribution in [3.63, 3.8) is 0 Å². The highest BCUT2D eigenvalue weighted by Gasteiger charge is 2.37. The molecule has 0 bridgehead atoms. The Labute approximate surface area is 110 Å². The van der Waals surface area contributed by atoms with E-state index >= 15 is 0 Å². The van der Waals surface area contributed by atoms with Gasteiger partial charge in [-0.25, -0.2) is 4.79 Å². The van der Waals surface area contributed by atoms with Crippen LogP contribution >= 0.6 is 0 Å². The van der Waals surface area contributed by atoms with Crippen molar-refractivity contribution in [3.05, 3.63) is 35.7 Å². The number of hydrogen-bond donors (Lipinski definition) is 3. The third-order valence-electron chi connectivity index (χ3n) is 3.05. The largest absolute Gasteiger partial charge is 0.458 e. The molecule has 2 heterocycles. The molecule has 1 fully saturated rings. The Morgan fingerprint density at radius 2 is 2.42 bits per heavy atom. The molecule has 0 unspecified atom stereocenters. The molecule has 0 radical (unpaired) electrons. The van der Waals surface area contributed by atoms with E-state index in [1.807, 2.05) is 0 Å². The fourth-order valence-electron chi connectivity index (χ4n) is 2.04. The number of aliphatic hydroxyl groups excluding tert-OH is 2. The second-order valence-corrected chi connectivity index (χ2v) is 4.46. The Balaban J connectivity index is 2.17. The van der Waals surface area contributed by atoms with Crippen LogP contribution in [0.15, 0.2) is 18.7 Å². The highest BCUT2D eigenvalue weighted by molar-refractivity contribution is 5.91. The Morgan fingerprint density at radius 3 is 3.00 bits per heavy atom. The Hall–Kier alpha value is -1.63. The molecule has 0 amide bonds.